The van der Waals surface area contributed by atoms with Crippen LogP contribution < -0.4 is 10.3 Å². The molecule has 0 amide bonds. The predicted octanol–water partition coefficient (Wildman–Crippen LogP) is 2.54. The van der Waals surface area contributed by atoms with Crippen LogP contribution in [-0.4, -0.2) is 33.5 Å². The fourth-order valence-corrected chi connectivity index (χ4v) is 3.28. The molecule has 0 radical (unpaired) electrons. The quantitative estimate of drug-likeness (QED) is 0.768. The maximum Gasteiger partial charge on any atom is 0.255 e. The van der Waals surface area contributed by atoms with Crippen molar-refractivity contribution >= 4 is 0 Å². The summed E-state index contributed by atoms with van der Waals surface area (Å²) < 4.78 is 19.3. The Balaban J connectivity index is 1.56. The van der Waals surface area contributed by atoms with Gasteiger partial charge < -0.3 is 9.72 Å². The molecule has 138 valence electrons. The average molecular weight is 366 g/mol. The number of pyridine rings is 1. The second kappa shape index (κ2) is 7.28. The minimum atomic E-state index is -0.306. The van der Waals surface area contributed by atoms with Gasteiger partial charge >= 0.3 is 0 Å². The van der Waals surface area contributed by atoms with Crippen molar-refractivity contribution in [2.24, 2.45) is 0 Å². The van der Waals surface area contributed by atoms with Crippen LogP contribution in [0.15, 0.2) is 47.5 Å². The summed E-state index contributed by atoms with van der Waals surface area (Å²) in [5.74, 6) is 0.712. The highest BCUT2D eigenvalue weighted by Crippen LogP contribution is 2.22. The zero-order valence-corrected chi connectivity index (χ0v) is 14.9. The number of hydrogen-bond donors (Lipinski definition) is 1. The molecule has 0 saturated carbocycles. The number of ether oxygens (including phenoxy) is 1. The minimum absolute atomic E-state index is 0.154. The number of hydrogen-bond acceptors (Lipinski definition) is 5. The molecular formula is C20H19FN4O2. The van der Waals surface area contributed by atoms with E-state index in [1.165, 1.54) is 13.2 Å². The number of fused-ring (bicyclic) bond motifs is 1. The van der Waals surface area contributed by atoms with E-state index in [1.54, 1.807) is 30.6 Å². The van der Waals surface area contributed by atoms with Crippen LogP contribution in [0.2, 0.25) is 0 Å². The first kappa shape index (κ1) is 17.4. The third-order valence-electron chi connectivity index (χ3n) is 4.74. The third-order valence-corrected chi connectivity index (χ3v) is 4.74. The van der Waals surface area contributed by atoms with Gasteiger partial charge in [-0.25, -0.2) is 9.37 Å². The fourth-order valence-electron chi connectivity index (χ4n) is 3.28. The maximum absolute atomic E-state index is 14.2. The topological polar surface area (TPSA) is 71.1 Å². The molecule has 2 aromatic heterocycles. The standard InChI is InChI=1S/C20H19FN4O2/c1-27-15-5-4-14(17(21)9-15)11-25-8-6-18-16(12-25)20(26)24-19(23-18)13-3-2-7-22-10-13/h2-5,7,9-10H,6,8,11-12H2,1H3,(H,23,24,26). The van der Waals surface area contributed by atoms with Crippen LogP contribution in [0.1, 0.15) is 16.8 Å². The van der Waals surface area contributed by atoms with E-state index in [0.717, 1.165) is 11.3 Å². The Morgan fingerprint density at radius 1 is 1.33 bits per heavy atom. The summed E-state index contributed by atoms with van der Waals surface area (Å²) in [7, 11) is 1.51. The van der Waals surface area contributed by atoms with Crippen LogP contribution in [0.3, 0.4) is 0 Å². The zero-order valence-electron chi connectivity index (χ0n) is 14.9. The van der Waals surface area contributed by atoms with Crippen LogP contribution in [0.25, 0.3) is 11.4 Å². The third kappa shape index (κ3) is 3.59. The molecule has 1 aromatic carbocycles. The summed E-state index contributed by atoms with van der Waals surface area (Å²) in [6.07, 6.45) is 3.99. The molecule has 1 aliphatic rings. The molecule has 0 spiro atoms. The molecule has 0 aliphatic carbocycles. The van der Waals surface area contributed by atoms with Crippen molar-refractivity contribution in [1.82, 2.24) is 19.9 Å². The van der Waals surface area contributed by atoms with Gasteiger partial charge in [-0.1, -0.05) is 6.07 Å². The van der Waals surface area contributed by atoms with Crippen molar-refractivity contribution in [3.8, 4) is 17.1 Å². The Morgan fingerprint density at radius 2 is 2.22 bits per heavy atom. The molecule has 6 nitrogen and oxygen atoms in total. The minimum Gasteiger partial charge on any atom is -0.497 e. The summed E-state index contributed by atoms with van der Waals surface area (Å²) in [6.45, 7) is 1.58. The molecule has 0 atom stereocenters. The van der Waals surface area contributed by atoms with Gasteiger partial charge in [-0.2, -0.15) is 0 Å². The number of benzene rings is 1. The number of halogens is 1. The molecule has 0 bridgehead atoms. The van der Waals surface area contributed by atoms with Gasteiger partial charge in [-0.05, 0) is 18.2 Å². The molecule has 0 saturated heterocycles. The normalized spacial score (nSPS) is 14.0. The monoisotopic (exact) mass is 366 g/mol. The molecule has 1 aliphatic heterocycles. The lowest BCUT2D eigenvalue weighted by molar-refractivity contribution is 0.238. The van der Waals surface area contributed by atoms with Gasteiger partial charge in [-0.3, -0.25) is 14.7 Å². The highest BCUT2D eigenvalue weighted by atomic mass is 19.1. The van der Waals surface area contributed by atoms with Crippen LogP contribution in [-0.2, 0) is 19.5 Å². The molecule has 3 aromatic rings. The average Bonchev–Trinajstić information content (AvgIpc) is 2.70. The number of nitrogens with zero attached hydrogens (tertiary/aromatic N) is 3. The Morgan fingerprint density at radius 3 is 2.96 bits per heavy atom. The molecule has 0 fully saturated rings. The van der Waals surface area contributed by atoms with E-state index >= 15 is 0 Å². The SMILES string of the molecule is COc1ccc(CN2CCc3nc(-c4cccnc4)[nH]c(=O)c3C2)c(F)c1. The van der Waals surface area contributed by atoms with Crippen LogP contribution in [0, 0.1) is 5.82 Å². The van der Waals surface area contributed by atoms with Crippen molar-refractivity contribution in [2.45, 2.75) is 19.5 Å². The van der Waals surface area contributed by atoms with Gasteiger partial charge in [0.15, 0.2) is 0 Å². The second-order valence-electron chi connectivity index (χ2n) is 6.50. The van der Waals surface area contributed by atoms with Crippen LogP contribution in [0.4, 0.5) is 4.39 Å². The molecule has 0 unspecified atom stereocenters. The van der Waals surface area contributed by atoms with Gasteiger partial charge in [-0.15, -0.1) is 0 Å². The first-order valence-electron chi connectivity index (χ1n) is 8.71. The molecular weight excluding hydrogens is 347 g/mol. The summed E-state index contributed by atoms with van der Waals surface area (Å²) in [4.78, 5) is 26.1. The van der Waals surface area contributed by atoms with E-state index in [-0.39, 0.29) is 11.4 Å². The van der Waals surface area contributed by atoms with Gasteiger partial charge in [0.25, 0.3) is 5.56 Å². The Hall–Kier alpha value is -3.06. The Labute approximate surface area is 155 Å². The lowest BCUT2D eigenvalue weighted by Crippen LogP contribution is -2.35. The van der Waals surface area contributed by atoms with E-state index in [2.05, 4.69) is 15.0 Å². The first-order valence-corrected chi connectivity index (χ1v) is 8.71. The number of nitrogens with one attached hydrogen (secondary N) is 1. The zero-order chi connectivity index (χ0) is 18.8. The van der Waals surface area contributed by atoms with Gasteiger partial charge in [0.05, 0.1) is 18.4 Å². The number of H-pyrrole nitrogens is 1. The number of rotatable bonds is 4. The van der Waals surface area contributed by atoms with Crippen molar-refractivity contribution in [3.05, 3.63) is 75.7 Å². The highest BCUT2D eigenvalue weighted by Gasteiger charge is 2.22. The lowest BCUT2D eigenvalue weighted by atomic mass is 10.1. The van der Waals surface area contributed by atoms with E-state index in [0.29, 0.717) is 48.8 Å². The van der Waals surface area contributed by atoms with Crippen LogP contribution in [0.5, 0.6) is 5.75 Å². The molecule has 3 heterocycles. The van der Waals surface area contributed by atoms with E-state index in [4.69, 9.17) is 4.74 Å². The summed E-state index contributed by atoms with van der Waals surface area (Å²) in [5.41, 5.74) is 2.64. The number of aromatic amines is 1. The van der Waals surface area contributed by atoms with Crippen molar-refractivity contribution in [2.75, 3.05) is 13.7 Å². The van der Waals surface area contributed by atoms with Crippen molar-refractivity contribution in [1.29, 1.82) is 0 Å². The Kier molecular flexibility index (Phi) is 4.68. The number of methoxy groups -OCH3 is 1. The van der Waals surface area contributed by atoms with E-state index < -0.39 is 0 Å². The smallest absolute Gasteiger partial charge is 0.255 e. The lowest BCUT2D eigenvalue weighted by Gasteiger charge is -2.27. The largest absolute Gasteiger partial charge is 0.497 e. The predicted molar refractivity (Wildman–Crippen MR) is 98.9 cm³/mol. The fraction of sp³-hybridized carbons (Fsp3) is 0.250. The molecule has 7 heteroatoms. The van der Waals surface area contributed by atoms with E-state index in [9.17, 15) is 9.18 Å². The Bertz CT molecular complexity index is 1020. The molecule has 1 N–H and O–H groups in total. The van der Waals surface area contributed by atoms with Crippen LogP contribution >= 0.6 is 0 Å². The summed E-state index contributed by atoms with van der Waals surface area (Å²) >= 11 is 0. The first-order chi connectivity index (χ1) is 13.1. The molecule has 4 rings (SSSR count). The summed E-state index contributed by atoms with van der Waals surface area (Å²) in [6, 6.07) is 8.50. The van der Waals surface area contributed by atoms with Gasteiger partial charge in [0.1, 0.15) is 17.4 Å². The maximum atomic E-state index is 14.2. The molecule has 27 heavy (non-hydrogen) atoms. The van der Waals surface area contributed by atoms with Gasteiger partial charge in [0.2, 0.25) is 0 Å². The van der Waals surface area contributed by atoms with Crippen molar-refractivity contribution in [3.63, 3.8) is 0 Å². The van der Waals surface area contributed by atoms with Crippen molar-refractivity contribution < 1.29 is 9.13 Å². The number of aromatic nitrogens is 3. The van der Waals surface area contributed by atoms with E-state index in [1.807, 2.05) is 11.0 Å². The second-order valence-corrected chi connectivity index (χ2v) is 6.50. The highest BCUT2D eigenvalue weighted by molar-refractivity contribution is 5.53. The summed E-state index contributed by atoms with van der Waals surface area (Å²) in [5, 5.41) is 0. The van der Waals surface area contributed by atoms with Gasteiger partial charge in [0, 0.05) is 55.6 Å².